The second kappa shape index (κ2) is 10.5. The molecule has 2 N–H and O–H groups in total. The fraction of sp³-hybridized carbons (Fsp3) is 0.346. The van der Waals surface area contributed by atoms with Crippen molar-refractivity contribution >= 4 is 49.6 Å². The number of nitrogens with zero attached hydrogens (tertiary/aromatic N) is 4. The van der Waals surface area contributed by atoms with Gasteiger partial charge in [0, 0.05) is 30.7 Å². The van der Waals surface area contributed by atoms with E-state index in [2.05, 4.69) is 29.0 Å². The minimum absolute atomic E-state index is 0.124. The molecule has 1 aliphatic rings. The average Bonchev–Trinajstić information content (AvgIpc) is 3.10. The lowest BCUT2D eigenvalue weighted by Gasteiger charge is -2.29. The van der Waals surface area contributed by atoms with Crippen LogP contribution in [-0.2, 0) is 16.6 Å². The number of nitrogens with one attached hydrogen (secondary N) is 1. The molecule has 0 saturated carbocycles. The third-order valence-electron chi connectivity index (χ3n) is 6.55. The van der Waals surface area contributed by atoms with Gasteiger partial charge in [0.05, 0.1) is 10.4 Å². The van der Waals surface area contributed by atoms with Gasteiger partial charge in [0.2, 0.25) is 21.0 Å². The number of fused-ring (bicyclic) bond motifs is 1. The number of benzene rings is 2. The van der Waals surface area contributed by atoms with E-state index in [1.165, 1.54) is 4.31 Å². The van der Waals surface area contributed by atoms with Crippen molar-refractivity contribution < 1.29 is 13.5 Å². The number of azo groups is 1. The quantitative estimate of drug-likeness (QED) is 0.232. The largest absolute Gasteiger partial charge is 0.493 e. The topological polar surface area (TPSA) is 99.3 Å². The molecule has 4 rings (SSSR count). The number of hydrogen-bond donors (Lipinski definition) is 2. The van der Waals surface area contributed by atoms with E-state index in [0.717, 1.165) is 29.7 Å². The van der Waals surface area contributed by atoms with Crippen LogP contribution in [0, 0.1) is 19.8 Å². The number of piperidine rings is 1. The monoisotopic (exact) mass is 525 g/mol. The fourth-order valence-corrected chi connectivity index (χ4v) is 6.00. The van der Waals surface area contributed by atoms with Crippen LogP contribution in [0.2, 0.25) is 0 Å². The zero-order chi connectivity index (χ0) is 26.0. The highest BCUT2D eigenvalue weighted by molar-refractivity contribution is 7.89. The summed E-state index contributed by atoms with van der Waals surface area (Å²) in [5.41, 5.74) is 3.68. The lowest BCUT2D eigenvalue weighted by atomic mass is 10.0. The first-order valence-corrected chi connectivity index (χ1v) is 13.7. The van der Waals surface area contributed by atoms with E-state index in [4.69, 9.17) is 12.2 Å². The Labute approximate surface area is 217 Å². The molecule has 0 bridgehead atoms. The van der Waals surface area contributed by atoms with Crippen LogP contribution in [0.1, 0.15) is 30.9 Å². The van der Waals surface area contributed by atoms with Gasteiger partial charge in [0.25, 0.3) is 0 Å². The molecule has 2 aromatic carbocycles. The van der Waals surface area contributed by atoms with Gasteiger partial charge in [-0.15, -0.1) is 16.8 Å². The van der Waals surface area contributed by atoms with Crippen LogP contribution >= 0.6 is 12.2 Å². The number of sulfonamides is 1. The first kappa shape index (κ1) is 26.0. The van der Waals surface area contributed by atoms with Crippen LogP contribution in [0.25, 0.3) is 10.9 Å². The fourth-order valence-electron chi connectivity index (χ4n) is 4.36. The minimum atomic E-state index is -3.68. The summed E-state index contributed by atoms with van der Waals surface area (Å²) in [6, 6.07) is 10.8. The van der Waals surface area contributed by atoms with Gasteiger partial charge in [-0.2, -0.15) is 4.31 Å². The van der Waals surface area contributed by atoms with Gasteiger partial charge >= 0.3 is 0 Å². The van der Waals surface area contributed by atoms with Gasteiger partial charge in [-0.25, -0.2) is 8.42 Å². The molecule has 0 aliphatic carbocycles. The summed E-state index contributed by atoms with van der Waals surface area (Å²) in [6.07, 6.45) is 3.32. The number of allylic oxidation sites excluding steroid dienone is 1. The predicted octanol–water partition coefficient (Wildman–Crippen LogP) is 6.05. The van der Waals surface area contributed by atoms with Crippen molar-refractivity contribution in [3.63, 3.8) is 0 Å². The van der Waals surface area contributed by atoms with Crippen molar-refractivity contribution in [2.75, 3.05) is 18.4 Å². The van der Waals surface area contributed by atoms with E-state index >= 15 is 0 Å². The van der Waals surface area contributed by atoms with Crippen molar-refractivity contribution in [1.29, 1.82) is 0 Å². The molecule has 190 valence electrons. The van der Waals surface area contributed by atoms with E-state index in [-0.39, 0.29) is 21.6 Å². The normalized spacial score (nSPS) is 15.5. The highest BCUT2D eigenvalue weighted by Crippen LogP contribution is 2.40. The molecule has 1 aromatic heterocycles. The lowest BCUT2D eigenvalue weighted by molar-refractivity contribution is 0.288. The zero-order valence-electron chi connectivity index (χ0n) is 20.7. The van der Waals surface area contributed by atoms with Crippen molar-refractivity contribution in [3.05, 3.63) is 60.2 Å². The third kappa shape index (κ3) is 5.21. The maximum atomic E-state index is 13.4. The van der Waals surface area contributed by atoms with E-state index in [0.29, 0.717) is 36.5 Å². The van der Waals surface area contributed by atoms with Gasteiger partial charge in [0.15, 0.2) is 5.69 Å². The molecule has 1 fully saturated rings. The van der Waals surface area contributed by atoms with Crippen LogP contribution in [0.4, 0.5) is 11.4 Å². The van der Waals surface area contributed by atoms with E-state index < -0.39 is 10.0 Å². The maximum Gasteiger partial charge on any atom is 0.243 e. The molecule has 0 unspecified atom stereocenters. The third-order valence-corrected chi connectivity index (χ3v) is 8.63. The molecule has 0 spiro atoms. The van der Waals surface area contributed by atoms with Crippen LogP contribution in [0.5, 0.6) is 5.88 Å². The van der Waals surface area contributed by atoms with Crippen LogP contribution < -0.4 is 5.32 Å². The predicted molar refractivity (Wildman–Crippen MR) is 148 cm³/mol. The molecule has 2 heterocycles. The summed E-state index contributed by atoms with van der Waals surface area (Å²) in [5, 5.41) is 23.0. The zero-order valence-corrected chi connectivity index (χ0v) is 22.4. The smallest absolute Gasteiger partial charge is 0.243 e. The summed E-state index contributed by atoms with van der Waals surface area (Å²) in [6.45, 7) is 11.1. The molecule has 0 amide bonds. The number of aromatic hydroxyl groups is 1. The van der Waals surface area contributed by atoms with Gasteiger partial charge in [-0.1, -0.05) is 25.1 Å². The summed E-state index contributed by atoms with van der Waals surface area (Å²) >= 11 is 5.36. The number of hydrogen-bond acceptors (Lipinski definition) is 5. The summed E-state index contributed by atoms with van der Waals surface area (Å²) in [5.74, 6) is 0.376. The van der Waals surface area contributed by atoms with Crippen LogP contribution in [0.3, 0.4) is 0 Å². The molecular weight excluding hydrogens is 494 g/mol. The number of anilines is 1. The van der Waals surface area contributed by atoms with Crippen molar-refractivity contribution in [2.45, 2.75) is 45.1 Å². The molecular formula is C26H31N5O3S2. The Morgan fingerprint density at radius 3 is 2.64 bits per heavy atom. The van der Waals surface area contributed by atoms with E-state index in [9.17, 15) is 13.5 Å². The summed E-state index contributed by atoms with van der Waals surface area (Å²) < 4.78 is 29.8. The Morgan fingerprint density at radius 1 is 1.22 bits per heavy atom. The first-order chi connectivity index (χ1) is 17.1. The standard InChI is InChI=1S/C26H31N5O3S2/c1-5-12-31-23-9-8-20(36(33,34)30-13-10-17(2)11-14-30)16-21(23)24(25(31)32)28-29-26(35)27-22-15-18(3)6-7-19(22)4/h5-9,15-17,32H,1,10-14H2,2-4H3,(H,27,35). The number of aromatic nitrogens is 1. The van der Waals surface area contributed by atoms with Crippen molar-refractivity contribution in [3.8, 4) is 5.88 Å². The van der Waals surface area contributed by atoms with Crippen molar-refractivity contribution in [1.82, 2.24) is 8.87 Å². The minimum Gasteiger partial charge on any atom is -0.493 e. The van der Waals surface area contributed by atoms with Gasteiger partial charge in [-0.3, -0.25) is 0 Å². The van der Waals surface area contributed by atoms with Crippen molar-refractivity contribution in [2.24, 2.45) is 16.1 Å². The molecule has 1 saturated heterocycles. The second-order valence-corrected chi connectivity index (χ2v) is 11.6. The number of thiocarbonyl (C=S) groups is 1. The Hall–Kier alpha value is -3.08. The number of aryl methyl sites for hydroxylation is 2. The molecule has 8 nitrogen and oxygen atoms in total. The van der Waals surface area contributed by atoms with E-state index in [1.807, 2.05) is 32.0 Å². The molecule has 10 heteroatoms. The van der Waals surface area contributed by atoms with Crippen LogP contribution in [-0.4, -0.2) is 40.6 Å². The number of rotatable bonds is 6. The molecule has 1 aliphatic heterocycles. The van der Waals surface area contributed by atoms with Gasteiger partial charge < -0.3 is 15.0 Å². The average molecular weight is 526 g/mol. The summed E-state index contributed by atoms with van der Waals surface area (Å²) in [4.78, 5) is 0.160. The lowest BCUT2D eigenvalue weighted by Crippen LogP contribution is -2.37. The van der Waals surface area contributed by atoms with E-state index in [1.54, 1.807) is 28.8 Å². The summed E-state index contributed by atoms with van der Waals surface area (Å²) in [7, 11) is -3.68. The Morgan fingerprint density at radius 2 is 1.94 bits per heavy atom. The molecule has 0 atom stereocenters. The maximum absolute atomic E-state index is 13.4. The van der Waals surface area contributed by atoms with Gasteiger partial charge in [0.1, 0.15) is 0 Å². The van der Waals surface area contributed by atoms with Gasteiger partial charge in [-0.05, 0) is 80.2 Å². The highest BCUT2D eigenvalue weighted by atomic mass is 32.2. The first-order valence-electron chi connectivity index (χ1n) is 11.9. The Balaban J connectivity index is 1.71. The SMILES string of the molecule is C=CCn1c(O)c(N=NC(=S)Nc2cc(C)ccc2C)c2cc(S(=O)(=O)N3CCC(C)CC3)ccc21. The molecule has 3 aromatic rings. The molecule has 0 radical (unpaired) electrons. The highest BCUT2D eigenvalue weighted by Gasteiger charge is 2.29. The Kier molecular flexibility index (Phi) is 7.58. The Bertz CT molecular complexity index is 1450. The van der Waals surface area contributed by atoms with Crippen LogP contribution in [0.15, 0.2) is 64.2 Å². The second-order valence-electron chi connectivity index (χ2n) is 9.29. The molecule has 36 heavy (non-hydrogen) atoms.